The minimum atomic E-state index is -1.02. The number of anilines is 1. The third-order valence-corrected chi connectivity index (χ3v) is 6.10. The standard InChI is InChI=1S/C18H16F2N4OS/c1-24(17-23-13-6-2-4-11(16(21)25)14(13)26-17)18(8-10(19)9-18)15-12(20)5-3-7-22-15/h2-7,10H,8-9H2,1H3,(H2,21,25). The maximum absolute atomic E-state index is 14.4. The van der Waals surface area contributed by atoms with Crippen LogP contribution in [0.3, 0.4) is 0 Å². The number of carbonyl (C=O) groups excluding carboxylic acids is 1. The second kappa shape index (κ2) is 5.98. The molecule has 0 bridgehead atoms. The summed E-state index contributed by atoms with van der Waals surface area (Å²) in [5, 5.41) is 0.561. The molecule has 1 fully saturated rings. The average molecular weight is 374 g/mol. The van der Waals surface area contributed by atoms with E-state index in [2.05, 4.69) is 9.97 Å². The molecule has 1 saturated carbocycles. The summed E-state index contributed by atoms with van der Waals surface area (Å²) in [5.41, 5.74) is 5.76. The number of carbonyl (C=O) groups is 1. The Bertz CT molecular complexity index is 1000. The highest BCUT2D eigenvalue weighted by Gasteiger charge is 2.52. The Morgan fingerprint density at radius 3 is 2.77 bits per heavy atom. The van der Waals surface area contributed by atoms with Crippen molar-refractivity contribution in [3.8, 4) is 0 Å². The highest BCUT2D eigenvalue weighted by atomic mass is 32.1. The van der Waals surface area contributed by atoms with Gasteiger partial charge in [0, 0.05) is 26.1 Å². The van der Waals surface area contributed by atoms with Gasteiger partial charge in [0.25, 0.3) is 0 Å². The van der Waals surface area contributed by atoms with E-state index in [9.17, 15) is 13.6 Å². The van der Waals surface area contributed by atoms with E-state index in [-0.39, 0.29) is 18.5 Å². The average Bonchev–Trinajstić information content (AvgIpc) is 3.02. The van der Waals surface area contributed by atoms with E-state index in [1.807, 2.05) is 0 Å². The number of fused-ring (bicyclic) bond motifs is 1. The molecule has 1 aromatic carbocycles. The third kappa shape index (κ3) is 2.44. The van der Waals surface area contributed by atoms with Crippen molar-refractivity contribution >= 4 is 32.6 Å². The number of halogens is 2. The molecule has 0 aliphatic heterocycles. The highest BCUT2D eigenvalue weighted by molar-refractivity contribution is 7.22. The van der Waals surface area contributed by atoms with Crippen molar-refractivity contribution in [1.82, 2.24) is 9.97 Å². The molecule has 0 unspecified atom stereocenters. The number of nitrogens with zero attached hydrogens (tertiary/aromatic N) is 3. The van der Waals surface area contributed by atoms with Crippen molar-refractivity contribution in [1.29, 1.82) is 0 Å². The number of primary amides is 1. The first-order valence-corrected chi connectivity index (χ1v) is 8.92. The maximum atomic E-state index is 14.4. The van der Waals surface area contributed by atoms with Crippen LogP contribution in [0.2, 0.25) is 0 Å². The molecule has 2 aromatic heterocycles. The molecule has 4 rings (SSSR count). The van der Waals surface area contributed by atoms with Crippen molar-refractivity contribution in [3.63, 3.8) is 0 Å². The first-order valence-electron chi connectivity index (χ1n) is 8.10. The summed E-state index contributed by atoms with van der Waals surface area (Å²) in [7, 11) is 1.75. The zero-order valence-corrected chi connectivity index (χ0v) is 14.8. The lowest BCUT2D eigenvalue weighted by molar-refractivity contribution is 0.0871. The number of rotatable bonds is 4. The topological polar surface area (TPSA) is 72.1 Å². The fourth-order valence-electron chi connectivity index (χ4n) is 3.49. The predicted octanol–water partition coefficient (Wildman–Crippen LogP) is 3.39. The minimum Gasteiger partial charge on any atom is -0.366 e. The van der Waals surface area contributed by atoms with Crippen molar-refractivity contribution in [3.05, 3.63) is 53.6 Å². The molecule has 0 atom stereocenters. The fraction of sp³-hybridized carbons (Fsp3) is 0.278. The second-order valence-electron chi connectivity index (χ2n) is 6.44. The van der Waals surface area contributed by atoms with E-state index in [0.29, 0.717) is 20.9 Å². The predicted molar refractivity (Wildman–Crippen MR) is 96.5 cm³/mol. The lowest BCUT2D eigenvalue weighted by atomic mass is 9.71. The van der Waals surface area contributed by atoms with Gasteiger partial charge in [0.15, 0.2) is 5.13 Å². The number of pyridine rings is 1. The van der Waals surface area contributed by atoms with E-state index in [1.165, 1.54) is 29.7 Å². The summed E-state index contributed by atoms with van der Waals surface area (Å²) in [6.45, 7) is 0. The van der Waals surface area contributed by atoms with Crippen LogP contribution < -0.4 is 10.6 Å². The third-order valence-electron chi connectivity index (χ3n) is 4.92. The van der Waals surface area contributed by atoms with Gasteiger partial charge in [0.05, 0.1) is 21.3 Å². The molecule has 3 aromatic rings. The lowest BCUT2D eigenvalue weighted by Crippen LogP contribution is -2.55. The van der Waals surface area contributed by atoms with Gasteiger partial charge in [-0.25, -0.2) is 13.8 Å². The van der Waals surface area contributed by atoms with E-state index in [4.69, 9.17) is 5.73 Å². The number of hydrogen-bond donors (Lipinski definition) is 1. The summed E-state index contributed by atoms with van der Waals surface area (Å²) >= 11 is 1.28. The van der Waals surface area contributed by atoms with Gasteiger partial charge < -0.3 is 10.6 Å². The molecule has 0 saturated heterocycles. The number of amides is 1. The van der Waals surface area contributed by atoms with E-state index >= 15 is 0 Å². The molecule has 2 heterocycles. The molecule has 1 amide bonds. The van der Waals surface area contributed by atoms with Gasteiger partial charge >= 0.3 is 0 Å². The summed E-state index contributed by atoms with van der Waals surface area (Å²) in [4.78, 5) is 22.1. The number of alkyl halides is 1. The Morgan fingerprint density at radius 1 is 1.35 bits per heavy atom. The molecule has 0 spiro atoms. The Balaban J connectivity index is 1.82. The van der Waals surface area contributed by atoms with Gasteiger partial charge in [-0.15, -0.1) is 0 Å². The van der Waals surface area contributed by atoms with Crippen molar-refractivity contribution in [2.24, 2.45) is 5.73 Å². The zero-order chi connectivity index (χ0) is 18.5. The Morgan fingerprint density at radius 2 is 2.12 bits per heavy atom. The van der Waals surface area contributed by atoms with Gasteiger partial charge in [-0.1, -0.05) is 17.4 Å². The minimum absolute atomic E-state index is 0.135. The molecule has 2 N–H and O–H groups in total. The van der Waals surface area contributed by atoms with Crippen LogP contribution in [0.5, 0.6) is 0 Å². The first-order chi connectivity index (χ1) is 12.4. The molecular weight excluding hydrogens is 358 g/mol. The second-order valence-corrected chi connectivity index (χ2v) is 7.42. The van der Waals surface area contributed by atoms with Gasteiger partial charge in [-0.2, -0.15) is 0 Å². The van der Waals surface area contributed by atoms with E-state index in [1.54, 1.807) is 30.1 Å². The molecule has 1 aliphatic rings. The van der Waals surface area contributed by atoms with Gasteiger partial charge in [0.2, 0.25) is 5.91 Å². The zero-order valence-electron chi connectivity index (χ0n) is 13.9. The molecular formula is C18H16F2N4OS. The number of nitrogens with two attached hydrogens (primary N) is 1. The maximum Gasteiger partial charge on any atom is 0.250 e. The molecule has 134 valence electrons. The Labute approximate surface area is 152 Å². The van der Waals surface area contributed by atoms with Crippen LogP contribution in [0, 0.1) is 5.82 Å². The Hall–Kier alpha value is -2.61. The lowest BCUT2D eigenvalue weighted by Gasteiger charge is -2.49. The number of hydrogen-bond acceptors (Lipinski definition) is 5. The SMILES string of the molecule is CN(c1nc2cccc(C(N)=O)c2s1)C1(c2ncccc2F)CC(F)C1. The van der Waals surface area contributed by atoms with Crippen LogP contribution in [0.1, 0.15) is 28.9 Å². The first kappa shape index (κ1) is 16.8. The van der Waals surface area contributed by atoms with E-state index in [0.717, 1.165) is 0 Å². The molecule has 5 nitrogen and oxygen atoms in total. The summed E-state index contributed by atoms with van der Waals surface area (Å²) in [6, 6.07) is 7.97. The van der Waals surface area contributed by atoms with Crippen LogP contribution in [-0.2, 0) is 5.54 Å². The van der Waals surface area contributed by atoms with Crippen molar-refractivity contribution in [2.45, 2.75) is 24.6 Å². The normalized spacial score (nSPS) is 22.2. The summed E-state index contributed by atoms with van der Waals surface area (Å²) in [5.74, 6) is -1.00. The van der Waals surface area contributed by atoms with Crippen molar-refractivity contribution in [2.75, 3.05) is 11.9 Å². The molecule has 8 heteroatoms. The largest absolute Gasteiger partial charge is 0.366 e. The van der Waals surface area contributed by atoms with Crippen molar-refractivity contribution < 1.29 is 13.6 Å². The smallest absolute Gasteiger partial charge is 0.250 e. The van der Waals surface area contributed by atoms with E-state index < -0.39 is 23.4 Å². The molecule has 0 radical (unpaired) electrons. The van der Waals surface area contributed by atoms with Gasteiger partial charge in [-0.3, -0.25) is 9.78 Å². The monoisotopic (exact) mass is 374 g/mol. The van der Waals surface area contributed by atoms with Crippen LogP contribution >= 0.6 is 11.3 Å². The van der Waals surface area contributed by atoms with Crippen LogP contribution in [0.25, 0.3) is 10.2 Å². The van der Waals surface area contributed by atoms with Gasteiger partial charge in [0.1, 0.15) is 17.7 Å². The number of thiazole rings is 1. The summed E-state index contributed by atoms with van der Waals surface area (Å²) in [6.07, 6.45) is 0.754. The highest BCUT2D eigenvalue weighted by Crippen LogP contribution is 2.50. The van der Waals surface area contributed by atoms with Crippen LogP contribution in [-0.4, -0.2) is 29.1 Å². The van der Waals surface area contributed by atoms with Crippen LogP contribution in [0.4, 0.5) is 13.9 Å². The molecule has 1 aliphatic carbocycles. The number of benzene rings is 1. The fourth-order valence-corrected chi connectivity index (χ4v) is 4.62. The summed E-state index contributed by atoms with van der Waals surface area (Å²) < 4.78 is 28.9. The number of aromatic nitrogens is 2. The van der Waals surface area contributed by atoms with Gasteiger partial charge in [-0.05, 0) is 24.3 Å². The van der Waals surface area contributed by atoms with Crippen LogP contribution in [0.15, 0.2) is 36.5 Å². The molecule has 26 heavy (non-hydrogen) atoms. The quantitative estimate of drug-likeness (QED) is 0.760. The Kier molecular flexibility index (Phi) is 3.87.